The lowest BCUT2D eigenvalue weighted by atomic mass is 9.94. The van der Waals surface area contributed by atoms with Gasteiger partial charge in [-0.25, -0.2) is 4.39 Å². The first-order chi connectivity index (χ1) is 10.1. The molecule has 2 aliphatic rings. The predicted molar refractivity (Wildman–Crippen MR) is 80.5 cm³/mol. The van der Waals surface area contributed by atoms with Gasteiger partial charge in [-0.05, 0) is 56.0 Å². The van der Waals surface area contributed by atoms with Crippen molar-refractivity contribution in [2.75, 3.05) is 26.2 Å². The van der Waals surface area contributed by atoms with Crippen LogP contribution in [0.3, 0.4) is 0 Å². The van der Waals surface area contributed by atoms with Crippen LogP contribution < -0.4 is 5.32 Å². The summed E-state index contributed by atoms with van der Waals surface area (Å²) in [5.74, 6) is 0.433. The van der Waals surface area contributed by atoms with Gasteiger partial charge < -0.3 is 10.2 Å². The SMILES string of the molecule is CCN1CC[C@H](CNC(=O)C2(c3ccc(F)cc3)CC2)C1. The van der Waals surface area contributed by atoms with Crippen LogP contribution in [-0.2, 0) is 10.2 Å². The van der Waals surface area contributed by atoms with E-state index in [0.29, 0.717) is 5.92 Å². The second-order valence-electron chi connectivity index (χ2n) is 6.35. The van der Waals surface area contributed by atoms with Gasteiger partial charge in [-0.3, -0.25) is 4.79 Å². The Morgan fingerprint density at radius 2 is 2.10 bits per heavy atom. The molecule has 1 aliphatic carbocycles. The van der Waals surface area contributed by atoms with Crippen molar-refractivity contribution in [3.8, 4) is 0 Å². The maximum Gasteiger partial charge on any atom is 0.230 e. The van der Waals surface area contributed by atoms with Gasteiger partial charge in [0.25, 0.3) is 0 Å². The largest absolute Gasteiger partial charge is 0.355 e. The molecule has 1 saturated carbocycles. The molecule has 0 bridgehead atoms. The quantitative estimate of drug-likeness (QED) is 0.902. The number of nitrogens with zero attached hydrogens (tertiary/aromatic N) is 1. The van der Waals surface area contributed by atoms with Crippen LogP contribution >= 0.6 is 0 Å². The Kier molecular flexibility index (Phi) is 3.98. The van der Waals surface area contributed by atoms with Crippen LogP contribution in [0.15, 0.2) is 24.3 Å². The minimum absolute atomic E-state index is 0.115. The van der Waals surface area contributed by atoms with Crippen molar-refractivity contribution in [1.29, 1.82) is 0 Å². The normalized spacial score (nSPS) is 24.0. The number of hydrogen-bond acceptors (Lipinski definition) is 2. The van der Waals surface area contributed by atoms with E-state index in [1.54, 1.807) is 12.1 Å². The van der Waals surface area contributed by atoms with Crippen molar-refractivity contribution in [3.05, 3.63) is 35.6 Å². The third kappa shape index (κ3) is 2.95. The highest BCUT2D eigenvalue weighted by Gasteiger charge is 2.51. The first kappa shape index (κ1) is 14.5. The Bertz CT molecular complexity index is 510. The Labute approximate surface area is 125 Å². The van der Waals surface area contributed by atoms with Gasteiger partial charge in [-0.1, -0.05) is 19.1 Å². The number of carbonyl (C=O) groups is 1. The van der Waals surface area contributed by atoms with Gasteiger partial charge in [0.1, 0.15) is 5.82 Å². The predicted octanol–water partition coefficient (Wildman–Crippen LogP) is 2.32. The lowest BCUT2D eigenvalue weighted by Crippen LogP contribution is -2.38. The third-order valence-corrected chi connectivity index (χ3v) is 4.95. The number of rotatable bonds is 5. The molecule has 1 aromatic rings. The molecule has 1 aromatic carbocycles. The zero-order valence-electron chi connectivity index (χ0n) is 12.6. The molecule has 0 spiro atoms. The summed E-state index contributed by atoms with van der Waals surface area (Å²) in [6, 6.07) is 6.38. The molecule has 114 valence electrons. The average Bonchev–Trinajstić information content (AvgIpc) is 3.18. The molecule has 1 saturated heterocycles. The van der Waals surface area contributed by atoms with Crippen LogP contribution in [0.5, 0.6) is 0 Å². The van der Waals surface area contributed by atoms with E-state index in [9.17, 15) is 9.18 Å². The maximum absolute atomic E-state index is 13.0. The Balaban J connectivity index is 1.57. The number of amides is 1. The molecule has 1 amide bonds. The molecule has 1 aliphatic heterocycles. The van der Waals surface area contributed by atoms with Crippen molar-refractivity contribution >= 4 is 5.91 Å². The standard InChI is InChI=1S/C17H23FN2O/c1-2-20-10-7-13(12-20)11-19-16(21)17(8-9-17)14-3-5-15(18)6-4-14/h3-6,13H,2,7-12H2,1H3,(H,19,21)/t13-/m1/s1. The number of carbonyl (C=O) groups excluding carboxylic acids is 1. The highest BCUT2D eigenvalue weighted by molar-refractivity contribution is 5.91. The van der Waals surface area contributed by atoms with E-state index in [2.05, 4.69) is 17.1 Å². The fourth-order valence-electron chi connectivity index (χ4n) is 3.31. The highest BCUT2D eigenvalue weighted by Crippen LogP contribution is 2.48. The molecule has 1 heterocycles. The van der Waals surface area contributed by atoms with Gasteiger partial charge in [0.15, 0.2) is 0 Å². The number of likely N-dealkylation sites (tertiary alicyclic amines) is 1. The Morgan fingerprint density at radius 3 is 2.67 bits per heavy atom. The molecule has 2 fully saturated rings. The fraction of sp³-hybridized carbons (Fsp3) is 0.588. The Morgan fingerprint density at radius 1 is 1.38 bits per heavy atom. The van der Waals surface area contributed by atoms with E-state index in [1.165, 1.54) is 12.1 Å². The summed E-state index contributed by atoms with van der Waals surface area (Å²) >= 11 is 0. The second-order valence-corrected chi connectivity index (χ2v) is 6.35. The molecular formula is C17H23FN2O. The lowest BCUT2D eigenvalue weighted by Gasteiger charge is -2.18. The van der Waals surface area contributed by atoms with Crippen molar-refractivity contribution in [2.45, 2.75) is 31.6 Å². The van der Waals surface area contributed by atoms with Crippen molar-refractivity contribution in [3.63, 3.8) is 0 Å². The van der Waals surface area contributed by atoms with Crippen molar-refractivity contribution in [2.24, 2.45) is 5.92 Å². The summed E-state index contributed by atoms with van der Waals surface area (Å²) in [5.41, 5.74) is 0.555. The van der Waals surface area contributed by atoms with Crippen molar-refractivity contribution in [1.82, 2.24) is 10.2 Å². The third-order valence-electron chi connectivity index (χ3n) is 4.95. The smallest absolute Gasteiger partial charge is 0.230 e. The molecule has 1 atom stereocenters. The molecule has 0 aromatic heterocycles. The Hall–Kier alpha value is -1.42. The van der Waals surface area contributed by atoms with Crippen LogP contribution in [0, 0.1) is 11.7 Å². The summed E-state index contributed by atoms with van der Waals surface area (Å²) in [6.07, 6.45) is 2.91. The van der Waals surface area contributed by atoms with E-state index < -0.39 is 5.41 Å². The zero-order chi connectivity index (χ0) is 14.9. The topological polar surface area (TPSA) is 32.3 Å². The number of benzene rings is 1. The lowest BCUT2D eigenvalue weighted by molar-refractivity contribution is -0.123. The summed E-state index contributed by atoms with van der Waals surface area (Å²) < 4.78 is 13.0. The summed E-state index contributed by atoms with van der Waals surface area (Å²) in [4.78, 5) is 14.9. The average molecular weight is 290 g/mol. The number of hydrogen-bond donors (Lipinski definition) is 1. The molecular weight excluding hydrogens is 267 g/mol. The summed E-state index contributed by atoms with van der Waals surface area (Å²) in [6.45, 7) is 6.25. The van der Waals surface area contributed by atoms with Gasteiger partial charge in [-0.2, -0.15) is 0 Å². The fourth-order valence-corrected chi connectivity index (χ4v) is 3.31. The number of nitrogens with one attached hydrogen (secondary N) is 1. The zero-order valence-corrected chi connectivity index (χ0v) is 12.6. The summed E-state index contributed by atoms with van der Waals surface area (Å²) in [7, 11) is 0. The molecule has 3 nitrogen and oxygen atoms in total. The van der Waals surface area contributed by atoms with Gasteiger partial charge in [0.2, 0.25) is 5.91 Å². The van der Waals surface area contributed by atoms with E-state index in [4.69, 9.17) is 0 Å². The molecule has 21 heavy (non-hydrogen) atoms. The van der Waals surface area contributed by atoms with Crippen LogP contribution in [0.25, 0.3) is 0 Å². The van der Waals surface area contributed by atoms with Crippen LogP contribution in [0.2, 0.25) is 0 Å². The first-order valence-electron chi connectivity index (χ1n) is 7.91. The second kappa shape index (κ2) is 5.76. The van der Waals surface area contributed by atoms with Crippen molar-refractivity contribution < 1.29 is 9.18 Å². The van der Waals surface area contributed by atoms with Crippen LogP contribution in [-0.4, -0.2) is 37.0 Å². The molecule has 3 rings (SSSR count). The highest BCUT2D eigenvalue weighted by atomic mass is 19.1. The monoisotopic (exact) mass is 290 g/mol. The maximum atomic E-state index is 13.0. The minimum Gasteiger partial charge on any atom is -0.355 e. The van der Waals surface area contributed by atoms with E-state index in [-0.39, 0.29) is 11.7 Å². The van der Waals surface area contributed by atoms with Gasteiger partial charge >= 0.3 is 0 Å². The van der Waals surface area contributed by atoms with Crippen LogP contribution in [0.1, 0.15) is 31.7 Å². The van der Waals surface area contributed by atoms with Gasteiger partial charge in [0.05, 0.1) is 5.41 Å². The minimum atomic E-state index is -0.392. The van der Waals surface area contributed by atoms with E-state index >= 15 is 0 Å². The van der Waals surface area contributed by atoms with Gasteiger partial charge in [-0.15, -0.1) is 0 Å². The molecule has 0 radical (unpaired) electrons. The van der Waals surface area contributed by atoms with E-state index in [1.807, 2.05) is 0 Å². The molecule has 0 unspecified atom stereocenters. The van der Waals surface area contributed by atoms with E-state index in [0.717, 1.165) is 51.0 Å². The number of halogens is 1. The van der Waals surface area contributed by atoms with Crippen LogP contribution in [0.4, 0.5) is 4.39 Å². The van der Waals surface area contributed by atoms with Gasteiger partial charge in [0, 0.05) is 13.1 Å². The molecule has 4 heteroatoms. The molecule has 1 N–H and O–H groups in total. The summed E-state index contributed by atoms with van der Waals surface area (Å²) in [5, 5.41) is 3.13. The first-order valence-corrected chi connectivity index (χ1v) is 7.91.